The molecular weight excluding hydrogens is 278 g/mol. The van der Waals surface area contributed by atoms with Gasteiger partial charge in [0, 0.05) is 35.9 Å². The first-order valence-electron chi connectivity index (χ1n) is 6.56. The molecule has 0 radical (unpaired) electrons. The molecule has 6 nitrogen and oxygen atoms in total. The lowest BCUT2D eigenvalue weighted by atomic mass is 10.1. The zero-order valence-corrected chi connectivity index (χ0v) is 12.7. The van der Waals surface area contributed by atoms with Crippen molar-refractivity contribution >= 4 is 17.7 Å². The van der Waals surface area contributed by atoms with Crippen LogP contribution in [0.1, 0.15) is 23.4 Å². The van der Waals surface area contributed by atoms with E-state index in [4.69, 9.17) is 5.11 Å². The minimum Gasteiger partial charge on any atom is -0.396 e. The molecule has 7 heteroatoms. The summed E-state index contributed by atoms with van der Waals surface area (Å²) in [5, 5.41) is 11.5. The van der Waals surface area contributed by atoms with E-state index in [1.54, 1.807) is 25.6 Å². The molecule has 3 N–H and O–H groups in total. The van der Waals surface area contributed by atoms with Crippen molar-refractivity contribution in [3.63, 3.8) is 0 Å². The number of carbonyl (C=O) groups is 1. The number of aromatic amines is 1. The van der Waals surface area contributed by atoms with Gasteiger partial charge in [0.2, 0.25) is 5.91 Å². The Labute approximate surface area is 122 Å². The predicted molar refractivity (Wildman–Crippen MR) is 80.1 cm³/mol. The van der Waals surface area contributed by atoms with Crippen LogP contribution in [0.2, 0.25) is 0 Å². The van der Waals surface area contributed by atoms with E-state index in [1.807, 2.05) is 0 Å². The first-order chi connectivity index (χ1) is 9.54. The molecule has 112 valence electrons. The normalized spacial score (nSPS) is 10.6. The van der Waals surface area contributed by atoms with Gasteiger partial charge in [-0.1, -0.05) is 0 Å². The molecule has 0 aromatic carbocycles. The number of hydrogen-bond acceptors (Lipinski definition) is 5. The molecule has 1 rings (SSSR count). The van der Waals surface area contributed by atoms with Gasteiger partial charge in [-0.2, -0.15) is 16.7 Å². The fourth-order valence-corrected chi connectivity index (χ4v) is 2.55. The maximum atomic E-state index is 11.8. The molecule has 20 heavy (non-hydrogen) atoms. The summed E-state index contributed by atoms with van der Waals surface area (Å²) < 4.78 is 0. The summed E-state index contributed by atoms with van der Waals surface area (Å²) in [6.07, 6.45) is 1.00. The summed E-state index contributed by atoms with van der Waals surface area (Å²) in [7, 11) is 0. The molecule has 0 aliphatic carbocycles. The number of thioether (sulfide) groups is 1. The van der Waals surface area contributed by atoms with Crippen LogP contribution in [0.5, 0.6) is 0 Å². The van der Waals surface area contributed by atoms with Crippen molar-refractivity contribution in [2.45, 2.75) is 26.7 Å². The topological polar surface area (TPSA) is 95.1 Å². The van der Waals surface area contributed by atoms with Crippen LogP contribution in [-0.2, 0) is 11.2 Å². The molecule has 1 aromatic rings. The van der Waals surface area contributed by atoms with E-state index >= 15 is 0 Å². The monoisotopic (exact) mass is 299 g/mol. The number of amides is 1. The highest BCUT2D eigenvalue weighted by atomic mass is 32.2. The lowest BCUT2D eigenvalue weighted by molar-refractivity contribution is -0.120. The zero-order valence-electron chi connectivity index (χ0n) is 11.9. The molecule has 0 atom stereocenters. The summed E-state index contributed by atoms with van der Waals surface area (Å²) in [6.45, 7) is 4.31. The Bertz CT molecular complexity index is 476. The summed E-state index contributed by atoms with van der Waals surface area (Å²) >= 11 is 1.70. The van der Waals surface area contributed by atoms with E-state index in [0.29, 0.717) is 17.9 Å². The van der Waals surface area contributed by atoms with Gasteiger partial charge in [-0.15, -0.1) is 0 Å². The standard InChI is InChI=1S/C13H21N3O3S/c1-9-11(10(2)16-13(19)15-9)8-12(18)14-4-7-20-6-3-5-17/h17H,3-8H2,1-2H3,(H,14,18)(H,15,16,19). The van der Waals surface area contributed by atoms with Gasteiger partial charge in [0.25, 0.3) is 0 Å². The molecule has 0 spiro atoms. The van der Waals surface area contributed by atoms with Crippen molar-refractivity contribution in [1.29, 1.82) is 0 Å². The van der Waals surface area contributed by atoms with Crippen molar-refractivity contribution in [3.05, 3.63) is 27.4 Å². The number of hydrogen-bond donors (Lipinski definition) is 3. The summed E-state index contributed by atoms with van der Waals surface area (Å²) in [5.41, 5.74) is 1.67. The van der Waals surface area contributed by atoms with Crippen LogP contribution < -0.4 is 11.0 Å². The number of aliphatic hydroxyl groups excluding tert-OH is 1. The molecule has 0 unspecified atom stereocenters. The van der Waals surface area contributed by atoms with Crippen molar-refractivity contribution in [1.82, 2.24) is 15.3 Å². The van der Waals surface area contributed by atoms with Crippen molar-refractivity contribution < 1.29 is 9.90 Å². The van der Waals surface area contributed by atoms with Crippen LogP contribution in [0, 0.1) is 13.8 Å². The molecule has 0 aliphatic heterocycles. The molecule has 0 aliphatic rings. The third-order valence-corrected chi connectivity index (χ3v) is 3.88. The van der Waals surface area contributed by atoms with E-state index in [0.717, 1.165) is 23.5 Å². The number of aliphatic hydroxyl groups is 1. The lowest BCUT2D eigenvalue weighted by Crippen LogP contribution is -2.29. The third-order valence-electron chi connectivity index (χ3n) is 2.81. The van der Waals surface area contributed by atoms with E-state index in [1.165, 1.54) is 0 Å². The number of nitrogens with zero attached hydrogens (tertiary/aromatic N) is 1. The van der Waals surface area contributed by atoms with Crippen molar-refractivity contribution in [2.75, 3.05) is 24.7 Å². The van der Waals surface area contributed by atoms with Gasteiger partial charge in [0.05, 0.1) is 6.42 Å². The Hall–Kier alpha value is -1.34. The van der Waals surface area contributed by atoms with Gasteiger partial charge in [0.15, 0.2) is 0 Å². The molecule has 1 amide bonds. The fraction of sp³-hybridized carbons (Fsp3) is 0.615. The fourth-order valence-electron chi connectivity index (χ4n) is 1.77. The van der Waals surface area contributed by atoms with Gasteiger partial charge in [-0.25, -0.2) is 4.79 Å². The lowest BCUT2D eigenvalue weighted by Gasteiger charge is -2.09. The SMILES string of the molecule is Cc1nc(=O)[nH]c(C)c1CC(=O)NCCSCCCO. The van der Waals surface area contributed by atoms with Gasteiger partial charge in [-0.05, 0) is 26.0 Å². The largest absolute Gasteiger partial charge is 0.396 e. The Morgan fingerprint density at radius 2 is 2.15 bits per heavy atom. The van der Waals surface area contributed by atoms with Gasteiger partial charge in [-0.3, -0.25) is 4.79 Å². The second kappa shape index (κ2) is 8.76. The third kappa shape index (κ3) is 5.75. The smallest absolute Gasteiger partial charge is 0.345 e. The number of H-pyrrole nitrogens is 1. The maximum absolute atomic E-state index is 11.8. The van der Waals surface area contributed by atoms with E-state index in [2.05, 4.69) is 15.3 Å². The van der Waals surface area contributed by atoms with Gasteiger partial charge >= 0.3 is 5.69 Å². The average molecular weight is 299 g/mol. The van der Waals surface area contributed by atoms with Gasteiger partial charge in [0.1, 0.15) is 0 Å². The molecule has 1 aromatic heterocycles. The molecule has 1 heterocycles. The van der Waals surface area contributed by atoms with E-state index in [-0.39, 0.29) is 24.6 Å². The second-order valence-electron chi connectivity index (χ2n) is 4.45. The highest BCUT2D eigenvalue weighted by Crippen LogP contribution is 2.07. The predicted octanol–water partition coefficient (Wildman–Crippen LogP) is 0.161. The van der Waals surface area contributed by atoms with Crippen molar-refractivity contribution in [2.24, 2.45) is 0 Å². The Balaban J connectivity index is 2.38. The Morgan fingerprint density at radius 3 is 2.80 bits per heavy atom. The van der Waals surface area contributed by atoms with Crippen LogP contribution in [0.3, 0.4) is 0 Å². The van der Waals surface area contributed by atoms with Crippen LogP contribution in [-0.4, -0.2) is 45.6 Å². The van der Waals surface area contributed by atoms with E-state index in [9.17, 15) is 9.59 Å². The molecule has 0 fully saturated rings. The van der Waals surface area contributed by atoms with Crippen LogP contribution >= 0.6 is 11.8 Å². The van der Waals surface area contributed by atoms with Crippen LogP contribution in [0.4, 0.5) is 0 Å². The van der Waals surface area contributed by atoms with Crippen LogP contribution in [0.15, 0.2) is 4.79 Å². The first-order valence-corrected chi connectivity index (χ1v) is 7.71. The number of rotatable bonds is 8. The number of aromatic nitrogens is 2. The number of nitrogens with one attached hydrogen (secondary N) is 2. The second-order valence-corrected chi connectivity index (χ2v) is 5.67. The molecular formula is C13H21N3O3S. The van der Waals surface area contributed by atoms with E-state index < -0.39 is 0 Å². The summed E-state index contributed by atoms with van der Waals surface area (Å²) in [6, 6.07) is 0. The maximum Gasteiger partial charge on any atom is 0.345 e. The Morgan fingerprint density at radius 1 is 1.40 bits per heavy atom. The number of carbonyl (C=O) groups excluding carboxylic acids is 1. The zero-order chi connectivity index (χ0) is 15.0. The molecule has 0 saturated carbocycles. The minimum atomic E-state index is -0.385. The quantitative estimate of drug-likeness (QED) is 0.594. The summed E-state index contributed by atoms with van der Waals surface area (Å²) in [4.78, 5) is 29.4. The highest BCUT2D eigenvalue weighted by molar-refractivity contribution is 7.99. The first kappa shape index (κ1) is 16.7. The minimum absolute atomic E-state index is 0.0761. The average Bonchev–Trinajstić information content (AvgIpc) is 2.38. The molecule has 0 saturated heterocycles. The molecule has 0 bridgehead atoms. The van der Waals surface area contributed by atoms with Gasteiger partial charge < -0.3 is 15.4 Å². The number of aryl methyl sites for hydroxylation is 2. The van der Waals surface area contributed by atoms with Crippen molar-refractivity contribution in [3.8, 4) is 0 Å². The van der Waals surface area contributed by atoms with Crippen LogP contribution in [0.25, 0.3) is 0 Å². The Kier molecular flexibility index (Phi) is 7.32. The highest BCUT2D eigenvalue weighted by Gasteiger charge is 2.10. The summed E-state index contributed by atoms with van der Waals surface area (Å²) in [5.74, 6) is 1.65.